The summed E-state index contributed by atoms with van der Waals surface area (Å²) in [5.41, 5.74) is 15.0. The van der Waals surface area contributed by atoms with E-state index in [0.717, 1.165) is 12.8 Å². The largest absolute Gasteiger partial charge is 0.309 e. The number of benzene rings is 9. The van der Waals surface area contributed by atoms with Crippen molar-refractivity contribution in [1.82, 2.24) is 9.13 Å². The van der Waals surface area contributed by atoms with Crippen LogP contribution in [-0.4, -0.2) is 9.13 Å². The molecule has 0 amide bonds. The monoisotopic (exact) mass is 712 g/mol. The highest BCUT2D eigenvalue weighted by molar-refractivity contribution is 6.40. The number of fused-ring (bicyclic) bond motifs is 15. The lowest BCUT2D eigenvalue weighted by atomic mass is 9.84. The summed E-state index contributed by atoms with van der Waals surface area (Å²) in [6.07, 6.45) is 6.78. The molecule has 2 heteroatoms. The van der Waals surface area contributed by atoms with Gasteiger partial charge in [0.1, 0.15) is 0 Å². The normalized spacial score (nSPS) is 12.8. The van der Waals surface area contributed by atoms with E-state index < -0.39 is 0 Å². The van der Waals surface area contributed by atoms with Crippen LogP contribution >= 0.6 is 0 Å². The molecule has 2 heterocycles. The van der Waals surface area contributed by atoms with E-state index in [1.54, 1.807) is 0 Å². The molecule has 0 spiro atoms. The van der Waals surface area contributed by atoms with Gasteiger partial charge < -0.3 is 9.13 Å². The second-order valence-electron chi connectivity index (χ2n) is 15.1. The van der Waals surface area contributed by atoms with Gasteiger partial charge in [0.05, 0.1) is 22.1 Å². The first kappa shape index (κ1) is 31.2. The molecule has 11 aromatic rings. The Bertz CT molecular complexity index is 3370. The Hall–Kier alpha value is -7.16. The topological polar surface area (TPSA) is 9.86 Å². The van der Waals surface area contributed by atoms with Crippen LogP contribution in [0.15, 0.2) is 188 Å². The fraction of sp³-hybridized carbons (Fsp3) is 0.0370. The molecule has 2 nitrogen and oxygen atoms in total. The number of para-hydroxylation sites is 2. The second kappa shape index (κ2) is 12.2. The van der Waals surface area contributed by atoms with Crippen molar-refractivity contribution in [1.29, 1.82) is 0 Å². The minimum absolute atomic E-state index is 0.975. The van der Waals surface area contributed by atoms with Crippen LogP contribution in [-0.2, 0) is 6.42 Å². The maximum atomic E-state index is 2.56. The molecule has 1 aliphatic carbocycles. The van der Waals surface area contributed by atoms with Gasteiger partial charge in [-0.2, -0.15) is 0 Å². The van der Waals surface area contributed by atoms with Crippen LogP contribution in [0.5, 0.6) is 0 Å². The van der Waals surface area contributed by atoms with Crippen molar-refractivity contribution in [3.05, 3.63) is 199 Å². The van der Waals surface area contributed by atoms with Crippen LogP contribution in [0, 0.1) is 0 Å². The van der Waals surface area contributed by atoms with Crippen LogP contribution in [0.4, 0.5) is 0 Å². The van der Waals surface area contributed by atoms with Gasteiger partial charge in [-0.05, 0) is 100.0 Å². The average Bonchev–Trinajstić information content (AvgIpc) is 3.81. The predicted octanol–water partition coefficient (Wildman–Crippen LogP) is 14.5. The standard InChI is InChI=1S/C54H36N2/c1-5-17-35(18-6-1)37-29-31-47-45(33-37)49-41-25-13-14-26-42(41)50-51(54(49)56(47)40-23-11-4-12-24-40)43-27-15-16-28-44(43)53-52(50)46-34-38(36-19-7-2-8-20-36)30-32-48(46)55(53)39-21-9-3-10-22-39/h1-14,16-26,28-34H,15,27H2. The number of hydrogen-bond acceptors (Lipinski definition) is 0. The molecule has 0 radical (unpaired) electrons. The molecule has 0 saturated carbocycles. The number of allylic oxidation sites excluding steroid dienone is 1. The zero-order chi connectivity index (χ0) is 36.7. The zero-order valence-electron chi connectivity index (χ0n) is 30.8. The van der Waals surface area contributed by atoms with Crippen LogP contribution in [0.2, 0.25) is 0 Å². The lowest BCUT2D eigenvalue weighted by molar-refractivity contribution is 0.997. The van der Waals surface area contributed by atoms with E-state index in [2.05, 4.69) is 203 Å². The quantitative estimate of drug-likeness (QED) is 0.161. The van der Waals surface area contributed by atoms with Crippen molar-refractivity contribution >= 4 is 71.2 Å². The fourth-order valence-electron chi connectivity index (χ4n) is 9.78. The highest BCUT2D eigenvalue weighted by Crippen LogP contribution is 2.51. The van der Waals surface area contributed by atoms with Crippen molar-refractivity contribution in [2.75, 3.05) is 0 Å². The van der Waals surface area contributed by atoms with Crippen molar-refractivity contribution in [2.45, 2.75) is 12.8 Å². The SMILES string of the molecule is C1=Cc2c(c3c(c4ccccc4c4c5cc(-c6ccccc6)ccc5n(-c5ccccc5)c34)c3c4cc(-c5ccccc5)ccc4n(-c4ccccc4)c23)CC1. The van der Waals surface area contributed by atoms with Crippen molar-refractivity contribution in [3.8, 4) is 33.6 Å². The Balaban J connectivity index is 1.37. The molecule has 262 valence electrons. The van der Waals surface area contributed by atoms with Gasteiger partial charge in [0.2, 0.25) is 0 Å². The number of aryl methyl sites for hydroxylation is 1. The number of hydrogen-bond donors (Lipinski definition) is 0. The lowest BCUT2D eigenvalue weighted by Gasteiger charge is -2.21. The van der Waals surface area contributed by atoms with Crippen molar-refractivity contribution < 1.29 is 0 Å². The summed E-state index contributed by atoms with van der Waals surface area (Å²) in [5, 5.41) is 10.5. The first-order chi connectivity index (χ1) is 27.8. The van der Waals surface area contributed by atoms with E-state index in [1.165, 1.54) is 110 Å². The molecule has 0 atom stereocenters. The molecule has 2 aromatic heterocycles. The van der Waals surface area contributed by atoms with Gasteiger partial charge in [0.25, 0.3) is 0 Å². The Morgan fingerprint density at radius 2 is 0.839 bits per heavy atom. The van der Waals surface area contributed by atoms with Gasteiger partial charge in [0, 0.05) is 49.3 Å². The molecule has 56 heavy (non-hydrogen) atoms. The van der Waals surface area contributed by atoms with Gasteiger partial charge >= 0.3 is 0 Å². The summed E-state index contributed by atoms with van der Waals surface area (Å²) in [6.45, 7) is 0. The van der Waals surface area contributed by atoms with E-state index >= 15 is 0 Å². The highest BCUT2D eigenvalue weighted by atomic mass is 15.0. The molecule has 0 bridgehead atoms. The summed E-state index contributed by atoms with van der Waals surface area (Å²) < 4.78 is 5.09. The van der Waals surface area contributed by atoms with Gasteiger partial charge in [-0.3, -0.25) is 0 Å². The Morgan fingerprint density at radius 1 is 0.357 bits per heavy atom. The lowest BCUT2D eigenvalue weighted by Crippen LogP contribution is -2.03. The first-order valence-electron chi connectivity index (χ1n) is 19.7. The molecule has 0 aliphatic heterocycles. The molecule has 9 aromatic carbocycles. The molecule has 0 fully saturated rings. The molecule has 0 unspecified atom stereocenters. The number of nitrogens with zero attached hydrogens (tertiary/aromatic N) is 2. The first-order valence-corrected chi connectivity index (χ1v) is 19.7. The maximum absolute atomic E-state index is 2.56. The van der Waals surface area contributed by atoms with Crippen molar-refractivity contribution in [2.24, 2.45) is 0 Å². The Labute approximate surface area is 324 Å². The van der Waals surface area contributed by atoms with Crippen LogP contribution in [0.3, 0.4) is 0 Å². The van der Waals surface area contributed by atoms with Crippen molar-refractivity contribution in [3.63, 3.8) is 0 Å². The van der Waals surface area contributed by atoms with Crippen LogP contribution < -0.4 is 0 Å². The van der Waals surface area contributed by atoms with Gasteiger partial charge in [-0.25, -0.2) is 0 Å². The van der Waals surface area contributed by atoms with Gasteiger partial charge in [0.15, 0.2) is 0 Å². The maximum Gasteiger partial charge on any atom is 0.0629 e. The summed E-state index contributed by atoms with van der Waals surface area (Å²) in [7, 11) is 0. The third-order valence-electron chi connectivity index (χ3n) is 12.1. The number of aromatic nitrogens is 2. The second-order valence-corrected chi connectivity index (χ2v) is 15.1. The summed E-state index contributed by atoms with van der Waals surface area (Å²) in [4.78, 5) is 0. The van der Waals surface area contributed by atoms with E-state index in [9.17, 15) is 0 Å². The smallest absolute Gasteiger partial charge is 0.0629 e. The Morgan fingerprint density at radius 3 is 1.41 bits per heavy atom. The Kier molecular flexibility index (Phi) is 6.79. The third kappa shape index (κ3) is 4.44. The van der Waals surface area contributed by atoms with Gasteiger partial charge in [-0.1, -0.05) is 146 Å². The molecular formula is C54H36N2. The van der Waals surface area contributed by atoms with E-state index in [-0.39, 0.29) is 0 Å². The molecular weight excluding hydrogens is 677 g/mol. The van der Waals surface area contributed by atoms with E-state index in [1.807, 2.05) is 0 Å². The minimum Gasteiger partial charge on any atom is -0.309 e. The van der Waals surface area contributed by atoms with Gasteiger partial charge in [-0.15, -0.1) is 0 Å². The highest BCUT2D eigenvalue weighted by Gasteiger charge is 2.28. The number of rotatable bonds is 4. The molecule has 12 rings (SSSR count). The van der Waals surface area contributed by atoms with Crippen LogP contribution in [0.25, 0.3) is 105 Å². The third-order valence-corrected chi connectivity index (χ3v) is 12.1. The minimum atomic E-state index is 0.975. The summed E-state index contributed by atoms with van der Waals surface area (Å²) in [5.74, 6) is 0. The predicted molar refractivity (Wildman–Crippen MR) is 238 cm³/mol. The summed E-state index contributed by atoms with van der Waals surface area (Å²) in [6, 6.07) is 66.9. The molecule has 0 saturated heterocycles. The van der Waals surface area contributed by atoms with E-state index in [4.69, 9.17) is 0 Å². The molecule has 1 aliphatic rings. The van der Waals surface area contributed by atoms with Crippen LogP contribution in [0.1, 0.15) is 17.5 Å². The summed E-state index contributed by atoms with van der Waals surface area (Å²) >= 11 is 0. The van der Waals surface area contributed by atoms with E-state index in [0.29, 0.717) is 0 Å². The average molecular weight is 713 g/mol. The fourth-order valence-corrected chi connectivity index (χ4v) is 9.78. The zero-order valence-corrected chi connectivity index (χ0v) is 30.8. The molecule has 0 N–H and O–H groups in total.